The molecular weight excluding hydrogens is 449 g/mol. The second kappa shape index (κ2) is 9.99. The third-order valence-corrected chi connectivity index (χ3v) is 6.70. The van der Waals surface area contributed by atoms with Crippen molar-refractivity contribution in [3.8, 4) is 11.3 Å². The van der Waals surface area contributed by atoms with Crippen LogP contribution < -0.4 is 5.32 Å². The number of halogens is 3. The van der Waals surface area contributed by atoms with Crippen LogP contribution in [0.4, 0.5) is 13.2 Å². The molecular formula is C24H27F3N4O3. The van der Waals surface area contributed by atoms with Gasteiger partial charge in [-0.25, -0.2) is 4.98 Å². The van der Waals surface area contributed by atoms with E-state index in [4.69, 9.17) is 4.98 Å². The molecule has 5 rings (SSSR count). The van der Waals surface area contributed by atoms with Crippen molar-refractivity contribution in [2.75, 3.05) is 0 Å². The first kappa shape index (κ1) is 24.0. The van der Waals surface area contributed by atoms with E-state index >= 15 is 0 Å². The van der Waals surface area contributed by atoms with E-state index in [1.165, 1.54) is 32.1 Å². The fourth-order valence-corrected chi connectivity index (χ4v) is 5.09. The number of hydrogen-bond donors (Lipinski definition) is 1. The topological polar surface area (TPSA) is 84.3 Å². The lowest BCUT2D eigenvalue weighted by Gasteiger charge is -2.29. The Morgan fingerprint density at radius 1 is 1.06 bits per heavy atom. The lowest BCUT2D eigenvalue weighted by atomic mass is 9.89. The van der Waals surface area contributed by atoms with Crippen molar-refractivity contribution in [1.29, 1.82) is 0 Å². The van der Waals surface area contributed by atoms with Gasteiger partial charge in [0.15, 0.2) is 0 Å². The van der Waals surface area contributed by atoms with Crippen LogP contribution in [-0.2, 0) is 23.2 Å². The van der Waals surface area contributed by atoms with Crippen LogP contribution in [0.3, 0.4) is 0 Å². The Morgan fingerprint density at radius 2 is 1.76 bits per heavy atom. The molecule has 2 aliphatic heterocycles. The summed E-state index contributed by atoms with van der Waals surface area (Å²) < 4.78 is 31.1. The number of imide groups is 1. The van der Waals surface area contributed by atoms with Gasteiger partial charge in [-0.3, -0.25) is 19.7 Å². The van der Waals surface area contributed by atoms with Gasteiger partial charge in [0.2, 0.25) is 11.8 Å². The van der Waals surface area contributed by atoms with Gasteiger partial charge < -0.3 is 9.47 Å². The number of nitrogens with zero attached hydrogens (tertiary/aromatic N) is 3. The largest absolute Gasteiger partial charge is 0.379 e. The number of fused-ring (bicyclic) bond motifs is 1. The van der Waals surface area contributed by atoms with Gasteiger partial charge in [0.25, 0.3) is 5.91 Å². The van der Waals surface area contributed by atoms with E-state index in [0.29, 0.717) is 24.4 Å². The number of rotatable bonds is 3. The van der Waals surface area contributed by atoms with Crippen molar-refractivity contribution in [3.05, 3.63) is 41.3 Å². The SMILES string of the molecule is Cn1cc(-c2ccc3c(c2)CN(C2CCC(=O)NC2=O)C3=O)nc1C1CCCCC1.FC(F)F. The monoisotopic (exact) mass is 476 g/mol. The summed E-state index contributed by atoms with van der Waals surface area (Å²) in [6.45, 7) is -3.28. The first-order valence-electron chi connectivity index (χ1n) is 11.5. The van der Waals surface area contributed by atoms with E-state index in [0.717, 1.165) is 22.6 Å². The van der Waals surface area contributed by atoms with Gasteiger partial charge in [0, 0.05) is 43.3 Å². The van der Waals surface area contributed by atoms with Gasteiger partial charge in [0.1, 0.15) is 11.9 Å². The fraction of sp³-hybridized carbons (Fsp3) is 0.500. The van der Waals surface area contributed by atoms with Crippen molar-refractivity contribution in [2.45, 2.75) is 70.1 Å². The van der Waals surface area contributed by atoms with E-state index < -0.39 is 12.7 Å². The average molecular weight is 476 g/mol. The highest BCUT2D eigenvalue weighted by molar-refractivity contribution is 6.05. The lowest BCUT2D eigenvalue weighted by Crippen LogP contribution is -2.52. The highest BCUT2D eigenvalue weighted by Gasteiger charge is 2.39. The van der Waals surface area contributed by atoms with Crippen LogP contribution in [-0.4, -0.2) is 44.9 Å². The molecule has 1 unspecified atom stereocenters. The highest BCUT2D eigenvalue weighted by Crippen LogP contribution is 2.35. The summed E-state index contributed by atoms with van der Waals surface area (Å²) in [4.78, 5) is 43.1. The zero-order chi connectivity index (χ0) is 24.4. The Hall–Kier alpha value is -3.17. The second-order valence-electron chi connectivity index (χ2n) is 8.95. The molecule has 0 spiro atoms. The van der Waals surface area contributed by atoms with Crippen molar-refractivity contribution >= 4 is 17.7 Å². The minimum Gasteiger partial charge on any atom is -0.337 e. The number of aryl methyl sites for hydroxylation is 1. The van der Waals surface area contributed by atoms with Crippen LogP contribution in [0.1, 0.15) is 72.6 Å². The predicted molar refractivity (Wildman–Crippen MR) is 118 cm³/mol. The maximum Gasteiger partial charge on any atom is 0.379 e. The molecule has 0 radical (unpaired) electrons. The summed E-state index contributed by atoms with van der Waals surface area (Å²) >= 11 is 0. The Balaban J connectivity index is 0.000000636. The zero-order valence-corrected chi connectivity index (χ0v) is 18.9. The van der Waals surface area contributed by atoms with Crippen LogP contribution in [0.25, 0.3) is 11.3 Å². The molecule has 10 heteroatoms. The zero-order valence-electron chi connectivity index (χ0n) is 18.9. The summed E-state index contributed by atoms with van der Waals surface area (Å²) in [5, 5.41) is 2.35. The Morgan fingerprint density at radius 3 is 2.44 bits per heavy atom. The minimum atomic E-state index is -3.67. The third-order valence-electron chi connectivity index (χ3n) is 6.70. The van der Waals surface area contributed by atoms with Gasteiger partial charge in [0.05, 0.1) is 5.69 Å². The molecule has 0 bridgehead atoms. The summed E-state index contributed by atoms with van der Waals surface area (Å²) in [5.41, 5.74) is 3.45. The molecule has 182 valence electrons. The Kier molecular flexibility index (Phi) is 7.04. The van der Waals surface area contributed by atoms with Crippen LogP contribution in [0, 0.1) is 0 Å². The molecule has 3 aliphatic rings. The van der Waals surface area contributed by atoms with Gasteiger partial charge in [-0.1, -0.05) is 25.3 Å². The number of carbonyl (C=O) groups excluding carboxylic acids is 3. The molecule has 34 heavy (non-hydrogen) atoms. The molecule has 1 aromatic heterocycles. The Labute approximate surface area is 195 Å². The van der Waals surface area contributed by atoms with Gasteiger partial charge in [-0.15, -0.1) is 0 Å². The van der Waals surface area contributed by atoms with Gasteiger partial charge in [-0.2, -0.15) is 13.2 Å². The number of imidazole rings is 1. The third kappa shape index (κ3) is 5.00. The molecule has 3 heterocycles. The first-order valence-corrected chi connectivity index (χ1v) is 11.5. The first-order chi connectivity index (χ1) is 16.2. The van der Waals surface area contributed by atoms with Crippen LogP contribution in [0.15, 0.2) is 24.4 Å². The van der Waals surface area contributed by atoms with E-state index in [-0.39, 0.29) is 24.1 Å². The number of nitrogens with one attached hydrogen (secondary N) is 1. The molecule has 1 aliphatic carbocycles. The molecule has 3 amide bonds. The van der Waals surface area contributed by atoms with Crippen molar-refractivity contribution in [1.82, 2.24) is 19.8 Å². The number of hydrogen-bond acceptors (Lipinski definition) is 4. The maximum absolute atomic E-state index is 12.9. The quantitative estimate of drug-likeness (QED) is 0.677. The maximum atomic E-state index is 12.9. The minimum absolute atomic E-state index is 0.144. The molecule has 2 fully saturated rings. The second-order valence-corrected chi connectivity index (χ2v) is 8.95. The summed E-state index contributed by atoms with van der Waals surface area (Å²) in [6, 6.07) is 5.22. The van der Waals surface area contributed by atoms with Gasteiger partial charge in [-0.05, 0) is 37.0 Å². The Bertz CT molecular complexity index is 1090. The highest BCUT2D eigenvalue weighted by atomic mass is 19.4. The number of amides is 3. The molecule has 7 nitrogen and oxygen atoms in total. The van der Waals surface area contributed by atoms with Crippen LogP contribution >= 0.6 is 0 Å². The van der Waals surface area contributed by atoms with Crippen LogP contribution in [0.5, 0.6) is 0 Å². The predicted octanol–water partition coefficient (Wildman–Crippen LogP) is 4.07. The smallest absolute Gasteiger partial charge is 0.337 e. The van der Waals surface area contributed by atoms with Gasteiger partial charge >= 0.3 is 6.68 Å². The molecule has 1 saturated heterocycles. The number of piperidine rings is 1. The van der Waals surface area contributed by atoms with Crippen LogP contribution in [0.2, 0.25) is 0 Å². The number of benzene rings is 1. The summed E-state index contributed by atoms with van der Waals surface area (Å²) in [7, 11) is 2.06. The lowest BCUT2D eigenvalue weighted by molar-refractivity contribution is -0.136. The average Bonchev–Trinajstić information content (AvgIpc) is 3.34. The van der Waals surface area contributed by atoms with Crippen molar-refractivity contribution in [3.63, 3.8) is 0 Å². The normalized spacial score (nSPS) is 20.8. The van der Waals surface area contributed by atoms with E-state index in [2.05, 4.69) is 23.1 Å². The summed E-state index contributed by atoms with van der Waals surface area (Å²) in [5.74, 6) is 0.874. The molecule has 2 aromatic rings. The van der Waals surface area contributed by atoms with Crippen molar-refractivity contribution in [2.24, 2.45) is 7.05 Å². The molecule has 1 N–H and O–H groups in total. The van der Waals surface area contributed by atoms with Crippen molar-refractivity contribution < 1.29 is 27.6 Å². The number of aromatic nitrogens is 2. The fourth-order valence-electron chi connectivity index (χ4n) is 5.09. The standard InChI is InChI=1S/C23H26N4O3.CHF3/c1-26-13-18(24-21(26)14-5-3-2-4-6-14)15-7-8-17-16(11-15)12-27(23(17)30)19-9-10-20(28)25-22(19)29;2-1(3)4/h7-8,11,13-14,19H,2-6,9-10,12H2,1H3,(H,25,28,29);1H. The van der Waals surface area contributed by atoms with E-state index in [1.54, 1.807) is 4.90 Å². The summed E-state index contributed by atoms with van der Waals surface area (Å²) in [6.07, 6.45) is 8.96. The number of carbonyl (C=O) groups is 3. The molecule has 1 atom stereocenters. The molecule has 1 saturated carbocycles. The molecule has 1 aromatic carbocycles. The number of alkyl halides is 3. The van der Waals surface area contributed by atoms with E-state index in [1.807, 2.05) is 18.2 Å². The van der Waals surface area contributed by atoms with E-state index in [9.17, 15) is 27.6 Å².